The predicted molar refractivity (Wildman–Crippen MR) is 96.0 cm³/mol. The van der Waals surface area contributed by atoms with Gasteiger partial charge in [-0.05, 0) is 30.3 Å². The van der Waals surface area contributed by atoms with Crippen molar-refractivity contribution in [1.29, 1.82) is 0 Å². The van der Waals surface area contributed by atoms with Crippen LogP contribution >= 0.6 is 11.6 Å². The van der Waals surface area contributed by atoms with Crippen molar-refractivity contribution in [2.24, 2.45) is 0 Å². The van der Waals surface area contributed by atoms with Gasteiger partial charge in [0.15, 0.2) is 11.5 Å². The summed E-state index contributed by atoms with van der Waals surface area (Å²) in [6.07, 6.45) is -4.56. The minimum Gasteiger partial charge on any atom is -0.495 e. The van der Waals surface area contributed by atoms with Crippen molar-refractivity contribution in [3.8, 4) is 5.75 Å². The lowest BCUT2D eigenvalue weighted by molar-refractivity contribution is -0.141. The average molecular weight is 437 g/mol. The number of sulfonamides is 1. The molecule has 1 aromatic carbocycles. The molecule has 1 aromatic heterocycles. The fraction of sp³-hybridized carbons (Fsp3) is 0.375. The van der Waals surface area contributed by atoms with Gasteiger partial charge in [-0.15, -0.1) is 10.2 Å². The number of ether oxygens (including phenoxy) is 1. The predicted octanol–water partition coefficient (Wildman–Crippen LogP) is 2.67. The number of methoxy groups -OCH3 is 1. The Morgan fingerprint density at radius 3 is 2.29 bits per heavy atom. The molecule has 0 saturated carbocycles. The molecule has 0 amide bonds. The molecule has 1 fully saturated rings. The van der Waals surface area contributed by atoms with Gasteiger partial charge in [-0.1, -0.05) is 11.6 Å². The first-order valence-electron chi connectivity index (χ1n) is 8.12. The van der Waals surface area contributed by atoms with E-state index in [0.29, 0.717) is 0 Å². The van der Waals surface area contributed by atoms with Crippen molar-refractivity contribution < 1.29 is 26.3 Å². The molecule has 0 aliphatic carbocycles. The van der Waals surface area contributed by atoms with Gasteiger partial charge in [0.2, 0.25) is 10.0 Å². The third-order valence-corrected chi connectivity index (χ3v) is 6.40. The molecule has 12 heteroatoms. The number of rotatable bonds is 4. The van der Waals surface area contributed by atoms with Crippen LogP contribution in [-0.2, 0) is 16.2 Å². The molecule has 0 atom stereocenters. The van der Waals surface area contributed by atoms with Crippen molar-refractivity contribution in [3.05, 3.63) is 41.0 Å². The van der Waals surface area contributed by atoms with Crippen LogP contribution in [0.15, 0.2) is 35.2 Å². The average Bonchev–Trinajstić information content (AvgIpc) is 2.67. The van der Waals surface area contributed by atoms with Gasteiger partial charge in [-0.3, -0.25) is 0 Å². The second-order valence-corrected chi connectivity index (χ2v) is 8.30. The monoisotopic (exact) mass is 436 g/mol. The molecular weight excluding hydrogens is 421 g/mol. The van der Waals surface area contributed by atoms with E-state index in [1.54, 1.807) is 4.90 Å². The SMILES string of the molecule is COc1ccc(Cl)cc1S(=O)(=O)N1CCN(c2ccc(C(F)(F)F)nn2)CC1. The summed E-state index contributed by atoms with van der Waals surface area (Å²) < 4.78 is 70.0. The highest BCUT2D eigenvalue weighted by Crippen LogP contribution is 2.31. The molecule has 7 nitrogen and oxygen atoms in total. The van der Waals surface area contributed by atoms with Gasteiger partial charge in [0.25, 0.3) is 0 Å². The summed E-state index contributed by atoms with van der Waals surface area (Å²) in [7, 11) is -2.48. The van der Waals surface area contributed by atoms with E-state index in [-0.39, 0.29) is 47.7 Å². The number of alkyl halides is 3. The molecule has 0 unspecified atom stereocenters. The van der Waals surface area contributed by atoms with Gasteiger partial charge in [0, 0.05) is 31.2 Å². The summed E-state index contributed by atoms with van der Waals surface area (Å²) >= 11 is 5.92. The van der Waals surface area contributed by atoms with Crippen molar-refractivity contribution in [2.45, 2.75) is 11.1 Å². The second kappa shape index (κ2) is 7.72. The maximum atomic E-state index is 12.9. The van der Waals surface area contributed by atoms with E-state index < -0.39 is 21.9 Å². The van der Waals surface area contributed by atoms with E-state index in [0.717, 1.165) is 6.07 Å². The van der Waals surface area contributed by atoms with E-state index >= 15 is 0 Å². The van der Waals surface area contributed by atoms with Crippen LogP contribution in [0.4, 0.5) is 19.0 Å². The first-order chi connectivity index (χ1) is 13.1. The number of hydrogen-bond acceptors (Lipinski definition) is 6. The molecule has 0 N–H and O–H groups in total. The lowest BCUT2D eigenvalue weighted by Crippen LogP contribution is -2.49. The molecule has 1 saturated heterocycles. The van der Waals surface area contributed by atoms with Gasteiger partial charge >= 0.3 is 6.18 Å². The summed E-state index contributed by atoms with van der Waals surface area (Å²) in [4.78, 5) is 1.64. The Kier molecular flexibility index (Phi) is 5.69. The molecule has 2 heterocycles. The Labute approximate surface area is 164 Å². The number of hydrogen-bond donors (Lipinski definition) is 0. The van der Waals surface area contributed by atoms with E-state index in [1.807, 2.05) is 0 Å². The van der Waals surface area contributed by atoms with Crippen LogP contribution < -0.4 is 9.64 Å². The van der Waals surface area contributed by atoms with Crippen molar-refractivity contribution in [2.75, 3.05) is 38.2 Å². The van der Waals surface area contributed by atoms with Crippen LogP contribution in [-0.4, -0.2) is 56.2 Å². The van der Waals surface area contributed by atoms with Crippen LogP contribution in [0.2, 0.25) is 5.02 Å². The van der Waals surface area contributed by atoms with Crippen LogP contribution in [0, 0.1) is 0 Å². The summed E-state index contributed by atoms with van der Waals surface area (Å²) in [5.74, 6) is 0.436. The minimum absolute atomic E-state index is 0.0368. The molecule has 0 bridgehead atoms. The zero-order chi connectivity index (χ0) is 20.5. The molecule has 28 heavy (non-hydrogen) atoms. The Morgan fingerprint density at radius 2 is 1.75 bits per heavy atom. The number of halogens is 4. The van der Waals surface area contributed by atoms with Gasteiger partial charge in [0.05, 0.1) is 7.11 Å². The largest absolute Gasteiger partial charge is 0.495 e. The summed E-state index contributed by atoms with van der Waals surface area (Å²) in [6.45, 7) is 0.756. The molecule has 3 rings (SSSR count). The molecule has 152 valence electrons. The molecule has 1 aliphatic rings. The minimum atomic E-state index is -4.56. The first kappa shape index (κ1) is 20.6. The highest BCUT2D eigenvalue weighted by Gasteiger charge is 2.34. The second-order valence-electron chi connectivity index (χ2n) is 5.96. The van der Waals surface area contributed by atoms with Crippen LogP contribution in [0.3, 0.4) is 0 Å². The van der Waals surface area contributed by atoms with Crippen molar-refractivity contribution in [1.82, 2.24) is 14.5 Å². The third-order valence-electron chi connectivity index (χ3n) is 4.25. The van der Waals surface area contributed by atoms with Crippen molar-refractivity contribution in [3.63, 3.8) is 0 Å². The van der Waals surface area contributed by atoms with E-state index in [1.165, 1.54) is 35.7 Å². The van der Waals surface area contributed by atoms with Gasteiger partial charge in [-0.2, -0.15) is 17.5 Å². The van der Waals surface area contributed by atoms with Gasteiger partial charge in [-0.25, -0.2) is 8.42 Å². The zero-order valence-corrected chi connectivity index (χ0v) is 16.2. The Hall–Kier alpha value is -2.11. The van der Waals surface area contributed by atoms with Crippen LogP contribution in [0.5, 0.6) is 5.75 Å². The van der Waals surface area contributed by atoms with Crippen LogP contribution in [0.1, 0.15) is 5.69 Å². The molecule has 0 radical (unpaired) electrons. The topological polar surface area (TPSA) is 75.6 Å². The number of anilines is 1. The highest BCUT2D eigenvalue weighted by molar-refractivity contribution is 7.89. The molecule has 0 spiro atoms. The lowest BCUT2D eigenvalue weighted by Gasteiger charge is -2.34. The van der Waals surface area contributed by atoms with Crippen molar-refractivity contribution >= 4 is 27.4 Å². The van der Waals surface area contributed by atoms with E-state index in [4.69, 9.17) is 16.3 Å². The van der Waals surface area contributed by atoms with Crippen LogP contribution in [0.25, 0.3) is 0 Å². The summed E-state index contributed by atoms with van der Waals surface area (Å²) in [5.41, 5.74) is -1.08. The maximum absolute atomic E-state index is 12.9. The number of aromatic nitrogens is 2. The molecular formula is C16H16ClF3N4O3S. The van der Waals surface area contributed by atoms with E-state index in [9.17, 15) is 21.6 Å². The standard InChI is InChI=1S/C16H16ClF3N4O3S/c1-27-12-3-2-11(17)10-13(12)28(25,26)24-8-6-23(7-9-24)15-5-4-14(21-22-15)16(18,19)20/h2-5,10H,6-9H2,1H3. The summed E-state index contributed by atoms with van der Waals surface area (Å²) in [5, 5.41) is 7.06. The Bertz CT molecular complexity index is 947. The smallest absolute Gasteiger partial charge is 0.435 e. The molecule has 2 aromatic rings. The number of nitrogens with zero attached hydrogens (tertiary/aromatic N) is 4. The maximum Gasteiger partial charge on any atom is 0.435 e. The quantitative estimate of drug-likeness (QED) is 0.733. The summed E-state index contributed by atoms with van der Waals surface area (Å²) in [6, 6.07) is 6.40. The molecule has 1 aliphatic heterocycles. The third kappa shape index (κ3) is 4.15. The van der Waals surface area contributed by atoms with Gasteiger partial charge in [0.1, 0.15) is 10.6 Å². The zero-order valence-electron chi connectivity index (χ0n) is 14.6. The highest BCUT2D eigenvalue weighted by atomic mass is 35.5. The fourth-order valence-electron chi connectivity index (χ4n) is 2.79. The fourth-order valence-corrected chi connectivity index (χ4v) is 4.63. The normalized spacial score (nSPS) is 16.2. The number of benzene rings is 1. The number of piperazine rings is 1. The first-order valence-corrected chi connectivity index (χ1v) is 9.94. The van der Waals surface area contributed by atoms with Gasteiger partial charge < -0.3 is 9.64 Å². The Morgan fingerprint density at radius 1 is 1.07 bits per heavy atom. The lowest BCUT2D eigenvalue weighted by atomic mass is 10.3. The van der Waals surface area contributed by atoms with E-state index in [2.05, 4.69) is 10.2 Å². The Balaban J connectivity index is 1.74.